The van der Waals surface area contributed by atoms with E-state index in [1.165, 1.54) is 12.8 Å². The zero-order valence-electron chi connectivity index (χ0n) is 14.8. The molecule has 3 rings (SSSR count). The summed E-state index contributed by atoms with van der Waals surface area (Å²) in [6, 6.07) is 16.3. The first-order valence-corrected chi connectivity index (χ1v) is 9.10. The van der Waals surface area contributed by atoms with Crippen LogP contribution in [-0.2, 0) is 4.79 Å². The first-order valence-electron chi connectivity index (χ1n) is 9.10. The highest BCUT2D eigenvalue weighted by atomic mass is 16.5. The molecular formula is C21H24N2O3. The number of anilines is 1. The first-order chi connectivity index (χ1) is 12.7. The number of amides is 2. The summed E-state index contributed by atoms with van der Waals surface area (Å²) in [6.07, 6.45) is 4.40. The number of nitrogens with one attached hydrogen (secondary N) is 1. The molecule has 0 aliphatic carbocycles. The zero-order chi connectivity index (χ0) is 18.2. The molecule has 1 aliphatic heterocycles. The minimum Gasteiger partial charge on any atom is -0.484 e. The topological polar surface area (TPSA) is 58.6 Å². The van der Waals surface area contributed by atoms with Gasteiger partial charge in [0.05, 0.1) is 11.3 Å². The van der Waals surface area contributed by atoms with Crippen molar-refractivity contribution in [2.75, 3.05) is 25.0 Å². The predicted molar refractivity (Wildman–Crippen MR) is 101 cm³/mol. The van der Waals surface area contributed by atoms with E-state index < -0.39 is 0 Å². The van der Waals surface area contributed by atoms with Crippen molar-refractivity contribution in [2.45, 2.75) is 25.7 Å². The second-order valence-corrected chi connectivity index (χ2v) is 6.40. The van der Waals surface area contributed by atoms with Crippen LogP contribution in [0.2, 0.25) is 0 Å². The minimum atomic E-state index is -0.287. The van der Waals surface area contributed by atoms with E-state index in [9.17, 15) is 9.59 Å². The van der Waals surface area contributed by atoms with Crippen LogP contribution in [-0.4, -0.2) is 36.4 Å². The summed E-state index contributed by atoms with van der Waals surface area (Å²) in [6.45, 7) is 1.45. The van der Waals surface area contributed by atoms with Crippen LogP contribution < -0.4 is 10.1 Å². The number of benzene rings is 2. The number of likely N-dealkylation sites (tertiary alicyclic amines) is 1. The Labute approximate surface area is 154 Å². The maximum absolute atomic E-state index is 12.9. The van der Waals surface area contributed by atoms with Gasteiger partial charge >= 0.3 is 0 Å². The fourth-order valence-electron chi connectivity index (χ4n) is 3.07. The van der Waals surface area contributed by atoms with E-state index >= 15 is 0 Å². The molecule has 1 fully saturated rings. The first kappa shape index (κ1) is 18.0. The quantitative estimate of drug-likeness (QED) is 0.892. The molecule has 5 heteroatoms. The van der Waals surface area contributed by atoms with Crippen molar-refractivity contribution in [3.05, 3.63) is 60.2 Å². The fraction of sp³-hybridized carbons (Fsp3) is 0.333. The number of rotatable bonds is 5. The Morgan fingerprint density at radius 3 is 2.27 bits per heavy atom. The van der Waals surface area contributed by atoms with E-state index in [0.717, 1.165) is 25.9 Å². The molecule has 136 valence electrons. The van der Waals surface area contributed by atoms with Crippen LogP contribution in [0.5, 0.6) is 5.75 Å². The zero-order valence-corrected chi connectivity index (χ0v) is 14.8. The third-order valence-electron chi connectivity index (χ3n) is 4.44. The van der Waals surface area contributed by atoms with Crippen LogP contribution in [0.15, 0.2) is 54.6 Å². The van der Waals surface area contributed by atoms with Gasteiger partial charge in [0.25, 0.3) is 11.8 Å². The molecule has 0 bridgehead atoms. The van der Waals surface area contributed by atoms with Crippen LogP contribution in [0.25, 0.3) is 0 Å². The average molecular weight is 352 g/mol. The van der Waals surface area contributed by atoms with E-state index in [-0.39, 0.29) is 18.4 Å². The molecule has 1 N–H and O–H groups in total. The molecule has 0 saturated carbocycles. The molecule has 2 aromatic carbocycles. The summed E-state index contributed by atoms with van der Waals surface area (Å²) in [5.41, 5.74) is 1.06. The second kappa shape index (κ2) is 9.04. The van der Waals surface area contributed by atoms with Crippen molar-refractivity contribution in [3.8, 4) is 5.75 Å². The molecule has 0 radical (unpaired) electrons. The highest BCUT2D eigenvalue weighted by Crippen LogP contribution is 2.20. The van der Waals surface area contributed by atoms with Crippen molar-refractivity contribution in [1.29, 1.82) is 0 Å². The minimum absolute atomic E-state index is 0.0215. The van der Waals surface area contributed by atoms with Gasteiger partial charge in [-0.1, -0.05) is 43.2 Å². The third-order valence-corrected chi connectivity index (χ3v) is 4.44. The Morgan fingerprint density at radius 2 is 1.54 bits per heavy atom. The lowest BCUT2D eigenvalue weighted by Crippen LogP contribution is -2.33. The molecule has 0 unspecified atom stereocenters. The number of para-hydroxylation sites is 2. The van der Waals surface area contributed by atoms with Gasteiger partial charge in [0.15, 0.2) is 6.61 Å². The molecule has 1 aliphatic rings. The van der Waals surface area contributed by atoms with Gasteiger partial charge in [-0.2, -0.15) is 0 Å². The summed E-state index contributed by atoms with van der Waals surface area (Å²) in [5, 5.41) is 2.80. The largest absolute Gasteiger partial charge is 0.484 e. The van der Waals surface area contributed by atoms with Gasteiger partial charge < -0.3 is 15.0 Å². The van der Waals surface area contributed by atoms with Crippen LogP contribution in [0, 0.1) is 0 Å². The maximum atomic E-state index is 12.9. The van der Waals surface area contributed by atoms with E-state index in [1.54, 1.807) is 24.3 Å². The number of nitrogens with zero attached hydrogens (tertiary/aromatic N) is 1. The Kier molecular flexibility index (Phi) is 6.25. The lowest BCUT2D eigenvalue weighted by atomic mass is 10.1. The third kappa shape index (κ3) is 4.85. The smallest absolute Gasteiger partial charge is 0.262 e. The average Bonchev–Trinajstić information content (AvgIpc) is 2.97. The van der Waals surface area contributed by atoms with Crippen molar-refractivity contribution in [3.63, 3.8) is 0 Å². The Bertz CT molecular complexity index is 738. The number of ether oxygens (including phenoxy) is 1. The van der Waals surface area contributed by atoms with Crippen molar-refractivity contribution in [1.82, 2.24) is 4.90 Å². The number of carbonyl (C=O) groups excluding carboxylic acids is 2. The summed E-state index contributed by atoms with van der Waals surface area (Å²) in [4.78, 5) is 27.0. The lowest BCUT2D eigenvalue weighted by Gasteiger charge is -2.22. The van der Waals surface area contributed by atoms with E-state index in [0.29, 0.717) is 17.0 Å². The van der Waals surface area contributed by atoms with Crippen molar-refractivity contribution in [2.24, 2.45) is 0 Å². The molecule has 2 amide bonds. The summed E-state index contributed by atoms with van der Waals surface area (Å²) < 4.78 is 5.47. The van der Waals surface area contributed by atoms with Crippen LogP contribution in [0.4, 0.5) is 5.69 Å². The Morgan fingerprint density at radius 1 is 0.885 bits per heavy atom. The Hall–Kier alpha value is -2.82. The molecule has 2 aromatic rings. The predicted octanol–water partition coefficient (Wildman–Crippen LogP) is 3.72. The number of carbonyl (C=O) groups is 2. The van der Waals surface area contributed by atoms with Gasteiger partial charge in [0, 0.05) is 13.1 Å². The van der Waals surface area contributed by atoms with Crippen LogP contribution >= 0.6 is 0 Å². The standard InChI is InChI=1S/C21H24N2O3/c24-20(16-26-17-10-4-3-5-11-17)22-19-13-7-6-12-18(19)21(25)23-14-8-1-2-9-15-23/h3-7,10-13H,1-2,8-9,14-16H2,(H,22,24). The molecule has 1 heterocycles. The highest BCUT2D eigenvalue weighted by Gasteiger charge is 2.20. The summed E-state index contributed by atoms with van der Waals surface area (Å²) in [5.74, 6) is 0.327. The number of hydrogen-bond donors (Lipinski definition) is 1. The molecular weight excluding hydrogens is 328 g/mol. The SMILES string of the molecule is O=C(COc1ccccc1)Nc1ccccc1C(=O)N1CCCCCC1. The van der Waals surface area contributed by atoms with Crippen LogP contribution in [0.1, 0.15) is 36.0 Å². The maximum Gasteiger partial charge on any atom is 0.262 e. The molecule has 0 spiro atoms. The normalized spacial score (nSPS) is 14.4. The highest BCUT2D eigenvalue weighted by molar-refractivity contribution is 6.04. The molecule has 0 aromatic heterocycles. The molecule has 26 heavy (non-hydrogen) atoms. The van der Waals surface area contributed by atoms with Gasteiger partial charge in [0.2, 0.25) is 0 Å². The number of hydrogen-bond acceptors (Lipinski definition) is 3. The monoisotopic (exact) mass is 352 g/mol. The molecule has 0 atom stereocenters. The summed E-state index contributed by atoms with van der Waals surface area (Å²) in [7, 11) is 0. The van der Waals surface area contributed by atoms with Gasteiger partial charge in [-0.05, 0) is 37.1 Å². The Balaban J connectivity index is 1.64. The van der Waals surface area contributed by atoms with Crippen molar-refractivity contribution >= 4 is 17.5 Å². The van der Waals surface area contributed by atoms with Gasteiger partial charge in [-0.3, -0.25) is 9.59 Å². The van der Waals surface area contributed by atoms with Gasteiger partial charge in [-0.15, -0.1) is 0 Å². The van der Waals surface area contributed by atoms with E-state index in [1.807, 2.05) is 35.2 Å². The van der Waals surface area contributed by atoms with Crippen LogP contribution in [0.3, 0.4) is 0 Å². The van der Waals surface area contributed by atoms with Gasteiger partial charge in [0.1, 0.15) is 5.75 Å². The van der Waals surface area contributed by atoms with Crippen molar-refractivity contribution < 1.29 is 14.3 Å². The van der Waals surface area contributed by atoms with E-state index in [2.05, 4.69) is 5.32 Å². The summed E-state index contributed by atoms with van der Waals surface area (Å²) >= 11 is 0. The van der Waals surface area contributed by atoms with Gasteiger partial charge in [-0.25, -0.2) is 0 Å². The lowest BCUT2D eigenvalue weighted by molar-refractivity contribution is -0.118. The molecule has 1 saturated heterocycles. The second-order valence-electron chi connectivity index (χ2n) is 6.40. The molecule has 5 nitrogen and oxygen atoms in total. The van der Waals surface area contributed by atoms with E-state index in [4.69, 9.17) is 4.74 Å². The fourth-order valence-corrected chi connectivity index (χ4v) is 3.07.